The van der Waals surface area contributed by atoms with Gasteiger partial charge in [-0.25, -0.2) is 9.97 Å². The number of hydrogen-bond acceptors (Lipinski definition) is 6. The van der Waals surface area contributed by atoms with Crippen LogP contribution < -0.4 is 15.4 Å². The van der Waals surface area contributed by atoms with Crippen molar-refractivity contribution in [2.75, 3.05) is 31.1 Å². The van der Waals surface area contributed by atoms with Gasteiger partial charge in [-0.05, 0) is 56.5 Å². The van der Waals surface area contributed by atoms with E-state index in [-0.39, 0.29) is 25.1 Å². The second kappa shape index (κ2) is 11.9. The van der Waals surface area contributed by atoms with E-state index >= 15 is 0 Å². The van der Waals surface area contributed by atoms with Crippen LogP contribution in [-0.2, 0) is 11.4 Å². The fourth-order valence-electron chi connectivity index (χ4n) is 4.92. The predicted octanol–water partition coefficient (Wildman–Crippen LogP) is 5.59. The van der Waals surface area contributed by atoms with Crippen LogP contribution >= 0.6 is 23.2 Å². The highest BCUT2D eigenvalue weighted by atomic mass is 35.5. The zero-order chi connectivity index (χ0) is 27.6. The summed E-state index contributed by atoms with van der Waals surface area (Å²) in [5, 5.41) is 0.999. The smallest absolute Gasteiger partial charge is 0.231 e. The first kappa shape index (κ1) is 28.1. The van der Waals surface area contributed by atoms with Crippen LogP contribution in [0.2, 0.25) is 10.0 Å². The molecule has 0 spiro atoms. The summed E-state index contributed by atoms with van der Waals surface area (Å²) in [4.78, 5) is 26.2. The van der Waals surface area contributed by atoms with Gasteiger partial charge < -0.3 is 15.4 Å². The van der Waals surface area contributed by atoms with Gasteiger partial charge >= 0.3 is 0 Å². The molecule has 0 saturated carbocycles. The van der Waals surface area contributed by atoms with Crippen molar-refractivity contribution >= 4 is 34.9 Å². The van der Waals surface area contributed by atoms with Crippen LogP contribution in [0.25, 0.3) is 11.4 Å². The number of carbonyl (C=O) groups excluding carboxylic acids is 1. The fourth-order valence-corrected chi connectivity index (χ4v) is 5.38. The molecule has 3 aromatic rings. The molecule has 1 aromatic heterocycles. The number of nitrogens with two attached hydrogens (primary N) is 1. The van der Waals surface area contributed by atoms with Gasteiger partial charge in [0.1, 0.15) is 18.2 Å². The predicted molar refractivity (Wildman–Crippen MR) is 154 cm³/mol. The van der Waals surface area contributed by atoms with E-state index in [1.54, 1.807) is 18.2 Å². The number of benzene rings is 2. The Balaban J connectivity index is 1.75. The number of amides is 1. The molecule has 38 heavy (non-hydrogen) atoms. The Morgan fingerprint density at radius 2 is 1.87 bits per heavy atom. The van der Waals surface area contributed by atoms with E-state index in [4.69, 9.17) is 43.6 Å². The molecule has 0 radical (unpaired) electrons. The molecule has 1 saturated heterocycles. The van der Waals surface area contributed by atoms with Crippen LogP contribution in [0.5, 0.6) is 5.75 Å². The minimum absolute atomic E-state index is 0.148. The number of aromatic nitrogens is 2. The molecule has 0 aliphatic carbocycles. The summed E-state index contributed by atoms with van der Waals surface area (Å²) in [5.41, 5.74) is 10.6. The number of piperazine rings is 1. The van der Waals surface area contributed by atoms with E-state index in [9.17, 15) is 4.79 Å². The van der Waals surface area contributed by atoms with Gasteiger partial charge in [0, 0.05) is 36.3 Å². The second-order valence-corrected chi connectivity index (χ2v) is 11.2. The number of nitrogens with zero attached hydrogens (tertiary/aromatic N) is 4. The average Bonchev–Trinajstić information content (AvgIpc) is 2.85. The fraction of sp³-hybridized carbons (Fsp3) is 0.414. The van der Waals surface area contributed by atoms with Gasteiger partial charge in [0.2, 0.25) is 5.91 Å². The number of ether oxygens (including phenoxy) is 1. The molecule has 1 aliphatic rings. The Hall–Kier alpha value is -2.87. The largest absolute Gasteiger partial charge is 0.487 e. The van der Waals surface area contributed by atoms with Crippen molar-refractivity contribution in [2.24, 2.45) is 11.7 Å². The number of aryl methyl sites for hydroxylation is 3. The first-order valence-electron chi connectivity index (χ1n) is 12.8. The average molecular weight is 557 g/mol. The van der Waals surface area contributed by atoms with Crippen LogP contribution in [0.3, 0.4) is 0 Å². The van der Waals surface area contributed by atoms with E-state index in [1.807, 2.05) is 6.92 Å². The Morgan fingerprint density at radius 3 is 2.55 bits per heavy atom. The lowest BCUT2D eigenvalue weighted by Gasteiger charge is -2.44. The molecule has 9 heteroatoms. The van der Waals surface area contributed by atoms with Gasteiger partial charge in [-0.2, -0.15) is 0 Å². The SMILES string of the molecule is Cc1ccc(C)c(-c2nc(C)c(COc3ccc(Cl)cc3Cl)c(N3CCN(CC(N)=O)C(C(C)C)C3)n2)c1. The van der Waals surface area contributed by atoms with E-state index < -0.39 is 0 Å². The first-order valence-corrected chi connectivity index (χ1v) is 13.6. The minimum Gasteiger partial charge on any atom is -0.487 e. The van der Waals surface area contributed by atoms with Gasteiger partial charge in [0.25, 0.3) is 0 Å². The summed E-state index contributed by atoms with van der Waals surface area (Å²) in [6.45, 7) is 13.1. The standard InChI is InChI=1S/C29H35Cl2N5O2/c1-17(2)25-14-36(11-10-35(25)15-27(32)37)29-23(16-38-26-9-8-21(30)13-24(26)31)20(5)33-28(34-29)22-12-18(3)6-7-19(22)4/h6-9,12-13,17,25H,10-11,14-16H2,1-5H3,(H2,32,37). The van der Waals surface area contributed by atoms with Gasteiger partial charge in [-0.15, -0.1) is 0 Å². The number of anilines is 1. The first-order chi connectivity index (χ1) is 18.0. The maximum absolute atomic E-state index is 11.7. The third-order valence-corrected chi connectivity index (χ3v) is 7.58. The molecular weight excluding hydrogens is 521 g/mol. The molecule has 2 N–H and O–H groups in total. The number of halogens is 2. The zero-order valence-corrected chi connectivity index (χ0v) is 24.1. The Bertz CT molecular complexity index is 1330. The molecule has 1 atom stereocenters. The summed E-state index contributed by atoms with van der Waals surface area (Å²) < 4.78 is 6.16. The third-order valence-electron chi connectivity index (χ3n) is 7.05. The van der Waals surface area contributed by atoms with E-state index in [0.29, 0.717) is 47.2 Å². The zero-order valence-electron chi connectivity index (χ0n) is 22.6. The maximum atomic E-state index is 11.7. The molecule has 4 rings (SSSR count). The van der Waals surface area contributed by atoms with Crippen molar-refractivity contribution in [3.63, 3.8) is 0 Å². The van der Waals surface area contributed by atoms with Crippen LogP contribution in [0, 0.1) is 26.7 Å². The van der Waals surface area contributed by atoms with Gasteiger partial charge in [0.05, 0.1) is 22.8 Å². The normalized spacial score (nSPS) is 16.2. The van der Waals surface area contributed by atoms with Gasteiger partial charge in [0.15, 0.2) is 5.82 Å². The van der Waals surface area contributed by atoms with Crippen LogP contribution in [-0.4, -0.2) is 53.0 Å². The second-order valence-electron chi connectivity index (χ2n) is 10.3. The number of rotatable bonds is 8. The number of primary amides is 1. The van der Waals surface area contributed by atoms with Crippen LogP contribution in [0.1, 0.15) is 36.2 Å². The third kappa shape index (κ3) is 6.40. The molecule has 1 aliphatic heterocycles. The van der Waals surface area contributed by atoms with E-state index in [1.165, 1.54) is 0 Å². The number of hydrogen-bond donors (Lipinski definition) is 1. The molecule has 2 aromatic carbocycles. The molecule has 2 heterocycles. The highest BCUT2D eigenvalue weighted by Crippen LogP contribution is 2.33. The van der Waals surface area contributed by atoms with Crippen molar-refractivity contribution in [2.45, 2.75) is 47.3 Å². The Morgan fingerprint density at radius 1 is 1.11 bits per heavy atom. The summed E-state index contributed by atoms with van der Waals surface area (Å²) >= 11 is 12.4. The highest BCUT2D eigenvalue weighted by molar-refractivity contribution is 6.35. The van der Waals surface area contributed by atoms with E-state index in [0.717, 1.165) is 33.8 Å². The van der Waals surface area contributed by atoms with Crippen LogP contribution in [0.4, 0.5) is 5.82 Å². The minimum atomic E-state index is -0.312. The molecular formula is C29H35Cl2N5O2. The lowest BCUT2D eigenvalue weighted by molar-refractivity contribution is -0.120. The highest BCUT2D eigenvalue weighted by Gasteiger charge is 2.32. The maximum Gasteiger partial charge on any atom is 0.231 e. The van der Waals surface area contributed by atoms with E-state index in [2.05, 4.69) is 55.7 Å². The lowest BCUT2D eigenvalue weighted by atomic mass is 9.99. The summed E-state index contributed by atoms with van der Waals surface area (Å²) in [6.07, 6.45) is 0. The monoisotopic (exact) mass is 555 g/mol. The van der Waals surface area contributed by atoms with Gasteiger partial charge in [-0.1, -0.05) is 54.7 Å². The molecule has 202 valence electrons. The molecule has 7 nitrogen and oxygen atoms in total. The van der Waals surface area contributed by atoms with Gasteiger partial charge in [-0.3, -0.25) is 9.69 Å². The van der Waals surface area contributed by atoms with Crippen molar-refractivity contribution < 1.29 is 9.53 Å². The van der Waals surface area contributed by atoms with Crippen molar-refractivity contribution in [1.29, 1.82) is 0 Å². The lowest BCUT2D eigenvalue weighted by Crippen LogP contribution is -2.57. The molecule has 1 amide bonds. The van der Waals surface area contributed by atoms with Crippen LogP contribution in [0.15, 0.2) is 36.4 Å². The van der Waals surface area contributed by atoms with Crippen molar-refractivity contribution in [3.05, 3.63) is 68.8 Å². The summed E-state index contributed by atoms with van der Waals surface area (Å²) in [5.74, 6) is 2.08. The molecule has 0 bridgehead atoms. The Labute approximate surface area is 234 Å². The number of carbonyl (C=O) groups is 1. The topological polar surface area (TPSA) is 84.6 Å². The quantitative estimate of drug-likeness (QED) is 0.390. The van der Waals surface area contributed by atoms with Crippen molar-refractivity contribution in [1.82, 2.24) is 14.9 Å². The molecule has 1 unspecified atom stereocenters. The summed E-state index contributed by atoms with van der Waals surface area (Å²) in [6, 6.07) is 11.6. The summed E-state index contributed by atoms with van der Waals surface area (Å²) in [7, 11) is 0. The molecule has 1 fully saturated rings. The van der Waals surface area contributed by atoms with Crippen molar-refractivity contribution in [3.8, 4) is 17.1 Å². The Kier molecular flexibility index (Phi) is 8.81.